The van der Waals surface area contributed by atoms with Gasteiger partial charge in [-0.05, 0) is 37.1 Å². The number of nitrogens with one attached hydrogen (secondary N) is 2. The van der Waals surface area contributed by atoms with Crippen LogP contribution in [0, 0.1) is 0 Å². The summed E-state index contributed by atoms with van der Waals surface area (Å²) in [5, 5.41) is 12.1. The van der Waals surface area contributed by atoms with Gasteiger partial charge in [-0.2, -0.15) is 0 Å². The third kappa shape index (κ3) is 2.84. The van der Waals surface area contributed by atoms with Crippen LogP contribution in [0.3, 0.4) is 0 Å². The van der Waals surface area contributed by atoms with Gasteiger partial charge in [0.05, 0.1) is 16.9 Å². The summed E-state index contributed by atoms with van der Waals surface area (Å²) in [6.07, 6.45) is -0.233. The minimum atomic E-state index is -3.68. The molecule has 0 aliphatic carbocycles. The molecule has 1 aliphatic heterocycles. The molecule has 7 heteroatoms. The second kappa shape index (κ2) is 5.51. The summed E-state index contributed by atoms with van der Waals surface area (Å²) in [6.45, 7) is 3.47. The van der Waals surface area contributed by atoms with Crippen LogP contribution in [0.2, 0.25) is 0 Å². The van der Waals surface area contributed by atoms with Gasteiger partial charge in [0.1, 0.15) is 0 Å². The first-order valence-electron chi connectivity index (χ1n) is 6.47. The monoisotopic (exact) mass is 298 g/mol. The summed E-state index contributed by atoms with van der Waals surface area (Å²) in [7, 11) is -3.68. The lowest BCUT2D eigenvalue weighted by Crippen LogP contribution is -2.31. The largest absolute Gasteiger partial charge is 0.392 e. The number of rotatable bonds is 5. The fourth-order valence-corrected chi connectivity index (χ4v) is 3.10. The van der Waals surface area contributed by atoms with Crippen molar-refractivity contribution in [2.75, 3.05) is 11.9 Å². The number of hydrogen-bond acceptors (Lipinski definition) is 4. The number of fused-ring (bicyclic) bond motifs is 1. The average Bonchev–Trinajstić information content (AvgIpc) is 2.71. The quantitative estimate of drug-likeness (QED) is 0.749. The van der Waals surface area contributed by atoms with E-state index in [1.165, 1.54) is 12.1 Å². The molecule has 0 spiro atoms. The van der Waals surface area contributed by atoms with Crippen LogP contribution in [-0.4, -0.2) is 32.1 Å². The van der Waals surface area contributed by atoms with E-state index in [-0.39, 0.29) is 23.3 Å². The van der Waals surface area contributed by atoms with Crippen molar-refractivity contribution in [2.24, 2.45) is 0 Å². The highest BCUT2D eigenvalue weighted by Gasteiger charge is 2.28. The first-order valence-corrected chi connectivity index (χ1v) is 7.96. The third-order valence-electron chi connectivity index (χ3n) is 3.43. The Labute approximate surface area is 118 Å². The number of aliphatic hydroxyl groups is 1. The zero-order chi connectivity index (χ0) is 14.9. The Bertz CT molecular complexity index is 627. The van der Waals surface area contributed by atoms with Gasteiger partial charge in [-0.3, -0.25) is 4.79 Å². The van der Waals surface area contributed by atoms with Crippen LogP contribution in [0.1, 0.15) is 31.7 Å². The number of anilines is 1. The molecule has 3 N–H and O–H groups in total. The van der Waals surface area contributed by atoms with Crippen molar-refractivity contribution in [3.05, 3.63) is 23.8 Å². The lowest BCUT2D eigenvalue weighted by atomic mass is 10.0. The van der Waals surface area contributed by atoms with E-state index in [1.807, 2.05) is 0 Å². The highest BCUT2D eigenvalue weighted by molar-refractivity contribution is 7.89. The molecule has 1 aromatic carbocycles. The van der Waals surface area contributed by atoms with Gasteiger partial charge in [0.15, 0.2) is 0 Å². The molecular formula is C13H18N2O4S. The summed E-state index contributed by atoms with van der Waals surface area (Å²) in [5.74, 6) is -0.495. The van der Waals surface area contributed by atoms with E-state index >= 15 is 0 Å². The summed E-state index contributed by atoms with van der Waals surface area (Å²) in [6, 6.07) is 4.53. The second-order valence-electron chi connectivity index (χ2n) is 4.87. The van der Waals surface area contributed by atoms with E-state index in [2.05, 4.69) is 10.0 Å². The van der Waals surface area contributed by atoms with Gasteiger partial charge in [-0.1, -0.05) is 6.92 Å². The van der Waals surface area contributed by atoms with Crippen molar-refractivity contribution >= 4 is 21.6 Å². The Balaban J connectivity index is 2.24. The predicted octanol–water partition coefficient (Wildman–Crippen LogP) is 0.791. The molecule has 1 heterocycles. The Morgan fingerprint density at radius 1 is 1.45 bits per heavy atom. The molecule has 0 bridgehead atoms. The minimum Gasteiger partial charge on any atom is -0.392 e. The lowest BCUT2D eigenvalue weighted by molar-refractivity contribution is -0.116. The number of amides is 1. The number of carbonyl (C=O) groups excluding carboxylic acids is 1. The topological polar surface area (TPSA) is 95.5 Å². The number of benzene rings is 1. The van der Waals surface area contributed by atoms with E-state index in [0.717, 1.165) is 0 Å². The Morgan fingerprint density at radius 2 is 2.15 bits per heavy atom. The number of sulfonamides is 1. The van der Waals surface area contributed by atoms with Crippen LogP contribution in [-0.2, 0) is 14.8 Å². The average molecular weight is 298 g/mol. The number of hydrogen-bond donors (Lipinski definition) is 3. The minimum absolute atomic E-state index is 0.0251. The zero-order valence-corrected chi connectivity index (χ0v) is 12.2. The van der Waals surface area contributed by atoms with E-state index in [1.54, 1.807) is 19.9 Å². The van der Waals surface area contributed by atoms with Crippen molar-refractivity contribution in [3.63, 3.8) is 0 Å². The highest BCUT2D eigenvalue weighted by atomic mass is 32.2. The standard InChI is InChI=1S/C13H18N2O4S/c1-3-9(16)7-14-20(18,19)10-4-5-12-11(6-10)8(2)13(17)15-12/h4-6,8-9,14,16H,3,7H2,1-2H3,(H,15,17). The predicted molar refractivity (Wildman–Crippen MR) is 75.0 cm³/mol. The second-order valence-corrected chi connectivity index (χ2v) is 6.64. The van der Waals surface area contributed by atoms with Gasteiger partial charge in [-0.25, -0.2) is 13.1 Å². The maximum atomic E-state index is 12.1. The molecule has 6 nitrogen and oxygen atoms in total. The van der Waals surface area contributed by atoms with Gasteiger partial charge in [0.25, 0.3) is 0 Å². The Kier molecular flexibility index (Phi) is 4.12. The molecule has 1 aliphatic rings. The van der Waals surface area contributed by atoms with E-state index < -0.39 is 16.1 Å². The molecule has 0 fully saturated rings. The SMILES string of the molecule is CCC(O)CNS(=O)(=O)c1ccc2c(c1)C(C)C(=O)N2. The van der Waals surface area contributed by atoms with Crippen LogP contribution >= 0.6 is 0 Å². The molecule has 0 radical (unpaired) electrons. The molecule has 0 saturated carbocycles. The van der Waals surface area contributed by atoms with Crippen molar-refractivity contribution in [2.45, 2.75) is 37.2 Å². The smallest absolute Gasteiger partial charge is 0.240 e. The molecule has 1 amide bonds. The molecule has 2 unspecified atom stereocenters. The van der Waals surface area contributed by atoms with Crippen LogP contribution < -0.4 is 10.0 Å². The van der Waals surface area contributed by atoms with Gasteiger partial charge in [-0.15, -0.1) is 0 Å². The van der Waals surface area contributed by atoms with Gasteiger partial charge >= 0.3 is 0 Å². The Morgan fingerprint density at radius 3 is 2.80 bits per heavy atom. The van der Waals surface area contributed by atoms with Gasteiger partial charge in [0.2, 0.25) is 15.9 Å². The molecule has 2 rings (SSSR count). The van der Waals surface area contributed by atoms with E-state index in [0.29, 0.717) is 17.7 Å². The first kappa shape index (κ1) is 15.0. The number of carbonyl (C=O) groups is 1. The van der Waals surface area contributed by atoms with E-state index in [9.17, 15) is 18.3 Å². The lowest BCUT2D eigenvalue weighted by Gasteiger charge is -2.11. The van der Waals surface area contributed by atoms with Crippen molar-refractivity contribution < 1.29 is 18.3 Å². The summed E-state index contributed by atoms with van der Waals surface area (Å²) in [4.78, 5) is 11.6. The van der Waals surface area contributed by atoms with Crippen LogP contribution in [0.15, 0.2) is 23.1 Å². The number of aliphatic hydroxyl groups excluding tert-OH is 1. The van der Waals surface area contributed by atoms with E-state index in [4.69, 9.17) is 0 Å². The zero-order valence-electron chi connectivity index (χ0n) is 11.4. The summed E-state index contributed by atoms with van der Waals surface area (Å²) >= 11 is 0. The van der Waals surface area contributed by atoms with Crippen LogP contribution in [0.25, 0.3) is 0 Å². The first-order chi connectivity index (χ1) is 9.35. The maximum Gasteiger partial charge on any atom is 0.240 e. The molecule has 1 aromatic rings. The molecule has 0 aromatic heterocycles. The maximum absolute atomic E-state index is 12.1. The van der Waals surface area contributed by atoms with Crippen molar-refractivity contribution in [3.8, 4) is 0 Å². The van der Waals surface area contributed by atoms with Crippen molar-refractivity contribution in [1.29, 1.82) is 0 Å². The molecule has 110 valence electrons. The molecule has 2 atom stereocenters. The summed E-state index contributed by atoms with van der Waals surface area (Å²) < 4.78 is 26.6. The molecule has 20 heavy (non-hydrogen) atoms. The molecule has 0 saturated heterocycles. The summed E-state index contributed by atoms with van der Waals surface area (Å²) in [5.41, 5.74) is 1.32. The highest BCUT2D eigenvalue weighted by Crippen LogP contribution is 2.33. The van der Waals surface area contributed by atoms with Crippen LogP contribution in [0.5, 0.6) is 0 Å². The Hall–Kier alpha value is -1.44. The van der Waals surface area contributed by atoms with Gasteiger partial charge < -0.3 is 10.4 Å². The third-order valence-corrected chi connectivity index (χ3v) is 4.85. The van der Waals surface area contributed by atoms with Crippen molar-refractivity contribution in [1.82, 2.24) is 4.72 Å². The fraction of sp³-hybridized carbons (Fsp3) is 0.462. The normalized spacial score (nSPS) is 19.6. The van der Waals surface area contributed by atoms with Crippen LogP contribution in [0.4, 0.5) is 5.69 Å². The molecular weight excluding hydrogens is 280 g/mol. The fourth-order valence-electron chi connectivity index (χ4n) is 2.00. The van der Waals surface area contributed by atoms with Gasteiger partial charge in [0, 0.05) is 12.2 Å².